The third-order valence-electron chi connectivity index (χ3n) is 1.89. The summed E-state index contributed by atoms with van der Waals surface area (Å²) in [5.74, 6) is -0.954. The van der Waals surface area contributed by atoms with E-state index in [2.05, 4.69) is 4.98 Å². The van der Waals surface area contributed by atoms with E-state index in [1.165, 1.54) is 12.1 Å². The molecule has 76 valence electrons. The topological polar surface area (TPSA) is 70.2 Å². The van der Waals surface area contributed by atoms with Gasteiger partial charge in [0.2, 0.25) is 5.56 Å². The van der Waals surface area contributed by atoms with Crippen LogP contribution in [0.5, 0.6) is 0 Å². The van der Waals surface area contributed by atoms with E-state index in [0.717, 1.165) is 16.9 Å². The molecular formula is C10H7NO3S. The number of aromatic nitrogens is 1. The van der Waals surface area contributed by atoms with Gasteiger partial charge in [-0.05, 0) is 12.1 Å². The molecule has 0 aromatic carbocycles. The van der Waals surface area contributed by atoms with Gasteiger partial charge in [-0.1, -0.05) is 6.07 Å². The molecule has 0 atom stereocenters. The molecule has 0 aliphatic rings. The maximum atomic E-state index is 11.0. The molecule has 0 saturated carbocycles. The molecule has 0 aliphatic carbocycles. The van der Waals surface area contributed by atoms with Crippen LogP contribution in [-0.4, -0.2) is 16.1 Å². The van der Waals surface area contributed by atoms with Gasteiger partial charge in [0.15, 0.2) is 0 Å². The molecule has 0 spiro atoms. The van der Waals surface area contributed by atoms with Crippen molar-refractivity contribution in [2.45, 2.75) is 0 Å². The van der Waals surface area contributed by atoms with E-state index in [4.69, 9.17) is 5.11 Å². The van der Waals surface area contributed by atoms with Gasteiger partial charge in [0.05, 0.1) is 0 Å². The smallest absolute Gasteiger partial charge is 0.345 e. The highest BCUT2D eigenvalue weighted by atomic mass is 32.1. The van der Waals surface area contributed by atoms with Gasteiger partial charge in [0.25, 0.3) is 0 Å². The van der Waals surface area contributed by atoms with E-state index in [1.54, 1.807) is 17.5 Å². The summed E-state index contributed by atoms with van der Waals surface area (Å²) in [7, 11) is 0. The van der Waals surface area contributed by atoms with Crippen LogP contribution in [-0.2, 0) is 0 Å². The summed E-state index contributed by atoms with van der Waals surface area (Å²) < 4.78 is 0. The van der Waals surface area contributed by atoms with E-state index in [1.807, 2.05) is 0 Å². The largest absolute Gasteiger partial charge is 0.477 e. The number of carbonyl (C=O) groups is 1. The summed E-state index contributed by atoms with van der Waals surface area (Å²) >= 11 is 1.14. The van der Waals surface area contributed by atoms with Crippen LogP contribution in [0.2, 0.25) is 0 Å². The average molecular weight is 221 g/mol. The van der Waals surface area contributed by atoms with E-state index >= 15 is 0 Å². The number of H-pyrrole nitrogens is 1. The first-order valence-corrected chi connectivity index (χ1v) is 5.06. The van der Waals surface area contributed by atoms with E-state index in [0.29, 0.717) is 5.69 Å². The van der Waals surface area contributed by atoms with Crippen LogP contribution >= 0.6 is 11.3 Å². The zero-order chi connectivity index (χ0) is 10.8. The number of carboxylic acid groups (broad SMARTS) is 1. The van der Waals surface area contributed by atoms with E-state index in [-0.39, 0.29) is 10.4 Å². The first kappa shape index (κ1) is 9.67. The molecule has 0 aliphatic heterocycles. The number of aromatic amines is 1. The van der Waals surface area contributed by atoms with Crippen molar-refractivity contribution < 1.29 is 9.90 Å². The zero-order valence-electron chi connectivity index (χ0n) is 7.56. The normalized spacial score (nSPS) is 10.1. The highest BCUT2D eigenvalue weighted by Crippen LogP contribution is 2.22. The molecule has 2 aromatic heterocycles. The minimum Gasteiger partial charge on any atom is -0.477 e. The third-order valence-corrected chi connectivity index (χ3v) is 2.81. The maximum absolute atomic E-state index is 11.0. The van der Waals surface area contributed by atoms with Crippen molar-refractivity contribution >= 4 is 17.3 Å². The standard InChI is InChI=1S/C10H7NO3S/c12-9-3-1-2-7(11-9)6-4-8(10(13)14)15-5-6/h1-5H,(H,11,12)(H,13,14). The number of hydrogen-bond acceptors (Lipinski definition) is 3. The number of thiophene rings is 1. The molecule has 4 nitrogen and oxygen atoms in total. The molecule has 0 unspecified atom stereocenters. The average Bonchev–Trinajstić information content (AvgIpc) is 2.66. The molecule has 2 N–H and O–H groups in total. The van der Waals surface area contributed by atoms with Crippen molar-refractivity contribution in [2.24, 2.45) is 0 Å². The number of nitrogens with one attached hydrogen (secondary N) is 1. The lowest BCUT2D eigenvalue weighted by Gasteiger charge is -1.94. The fourth-order valence-corrected chi connectivity index (χ4v) is 1.95. The van der Waals surface area contributed by atoms with Crippen LogP contribution in [0.3, 0.4) is 0 Å². The maximum Gasteiger partial charge on any atom is 0.345 e. The molecule has 0 saturated heterocycles. The number of carboxylic acids is 1. The summed E-state index contributed by atoms with van der Waals surface area (Å²) in [6, 6.07) is 6.31. The van der Waals surface area contributed by atoms with Gasteiger partial charge in [0.1, 0.15) is 4.88 Å². The summed E-state index contributed by atoms with van der Waals surface area (Å²) in [5, 5.41) is 10.4. The quantitative estimate of drug-likeness (QED) is 0.812. The van der Waals surface area contributed by atoms with Gasteiger partial charge in [-0.2, -0.15) is 0 Å². The predicted molar refractivity (Wildman–Crippen MR) is 57.3 cm³/mol. The van der Waals surface area contributed by atoms with Gasteiger partial charge >= 0.3 is 5.97 Å². The Labute approximate surface area is 88.8 Å². The molecular weight excluding hydrogens is 214 g/mol. The lowest BCUT2D eigenvalue weighted by molar-refractivity contribution is 0.0702. The van der Waals surface area contributed by atoms with Crippen LogP contribution in [0.4, 0.5) is 0 Å². The molecule has 0 radical (unpaired) electrons. The number of hydrogen-bond donors (Lipinski definition) is 2. The lowest BCUT2D eigenvalue weighted by atomic mass is 10.2. The molecule has 0 amide bonds. The van der Waals surface area contributed by atoms with Crippen LogP contribution in [0.15, 0.2) is 34.4 Å². The Morgan fingerprint density at radius 3 is 2.80 bits per heavy atom. The van der Waals surface area contributed by atoms with Crippen molar-refractivity contribution in [2.75, 3.05) is 0 Å². The van der Waals surface area contributed by atoms with Gasteiger partial charge < -0.3 is 10.1 Å². The first-order chi connectivity index (χ1) is 7.16. The number of rotatable bonds is 2. The SMILES string of the molecule is O=C(O)c1cc(-c2cccc(=O)[nH]2)cs1. The lowest BCUT2D eigenvalue weighted by Crippen LogP contribution is -2.03. The fourth-order valence-electron chi connectivity index (χ4n) is 1.21. The van der Waals surface area contributed by atoms with Crippen molar-refractivity contribution in [1.29, 1.82) is 0 Å². The molecule has 0 bridgehead atoms. The predicted octanol–water partition coefficient (Wildman–Crippen LogP) is 1.80. The van der Waals surface area contributed by atoms with Gasteiger partial charge in [-0.15, -0.1) is 11.3 Å². The Morgan fingerprint density at radius 2 is 2.20 bits per heavy atom. The fraction of sp³-hybridized carbons (Fsp3) is 0. The second kappa shape index (κ2) is 3.70. The summed E-state index contributed by atoms with van der Waals surface area (Å²) in [6.07, 6.45) is 0. The molecule has 5 heteroatoms. The van der Waals surface area contributed by atoms with Crippen LogP contribution in [0.1, 0.15) is 9.67 Å². The Bertz CT molecular complexity index is 556. The van der Waals surface area contributed by atoms with Crippen LogP contribution < -0.4 is 5.56 Å². The monoisotopic (exact) mass is 221 g/mol. The molecule has 2 rings (SSSR count). The van der Waals surface area contributed by atoms with E-state index < -0.39 is 5.97 Å². The van der Waals surface area contributed by atoms with Crippen molar-refractivity contribution in [3.63, 3.8) is 0 Å². The van der Waals surface area contributed by atoms with Gasteiger partial charge in [-0.3, -0.25) is 4.79 Å². The Balaban J connectivity index is 2.46. The molecule has 15 heavy (non-hydrogen) atoms. The van der Waals surface area contributed by atoms with Crippen molar-refractivity contribution in [3.8, 4) is 11.3 Å². The second-order valence-electron chi connectivity index (χ2n) is 2.93. The van der Waals surface area contributed by atoms with Crippen LogP contribution in [0.25, 0.3) is 11.3 Å². The zero-order valence-corrected chi connectivity index (χ0v) is 8.38. The number of aromatic carboxylic acids is 1. The summed E-state index contributed by atoms with van der Waals surface area (Å²) in [6.45, 7) is 0. The van der Waals surface area contributed by atoms with E-state index in [9.17, 15) is 9.59 Å². The minimum atomic E-state index is -0.954. The second-order valence-corrected chi connectivity index (χ2v) is 3.84. The Kier molecular flexibility index (Phi) is 2.39. The minimum absolute atomic E-state index is 0.199. The first-order valence-electron chi connectivity index (χ1n) is 4.18. The van der Waals surface area contributed by atoms with Crippen molar-refractivity contribution in [3.05, 3.63) is 44.9 Å². The highest BCUT2D eigenvalue weighted by molar-refractivity contribution is 7.12. The van der Waals surface area contributed by atoms with Crippen molar-refractivity contribution in [1.82, 2.24) is 4.98 Å². The Hall–Kier alpha value is -1.88. The van der Waals surface area contributed by atoms with Crippen LogP contribution in [0, 0.1) is 0 Å². The third kappa shape index (κ3) is 1.97. The molecule has 2 heterocycles. The Morgan fingerprint density at radius 1 is 1.40 bits per heavy atom. The molecule has 2 aromatic rings. The summed E-state index contributed by atoms with van der Waals surface area (Å²) in [4.78, 5) is 24.6. The van der Waals surface area contributed by atoms with Gasteiger partial charge in [-0.25, -0.2) is 4.79 Å². The summed E-state index contributed by atoms with van der Waals surface area (Å²) in [5.41, 5.74) is 1.15. The molecule has 0 fully saturated rings. The highest BCUT2D eigenvalue weighted by Gasteiger charge is 2.08. The van der Waals surface area contributed by atoms with Gasteiger partial charge in [0, 0.05) is 22.7 Å². The number of pyridine rings is 1.